The number of aromatic amines is 1. The van der Waals surface area contributed by atoms with Crippen molar-refractivity contribution < 1.29 is 9.90 Å². The van der Waals surface area contributed by atoms with Crippen molar-refractivity contribution in [3.63, 3.8) is 0 Å². The molecule has 98 valence electrons. The monoisotopic (exact) mass is 248 g/mol. The molecular weight excluding hydrogens is 228 g/mol. The van der Waals surface area contributed by atoms with E-state index in [1.54, 1.807) is 0 Å². The van der Waals surface area contributed by atoms with Gasteiger partial charge in [0, 0.05) is 11.2 Å². The lowest BCUT2D eigenvalue weighted by molar-refractivity contribution is -0.138. The molecular formula is C14H20N2O2. The lowest BCUT2D eigenvalue weighted by Gasteiger charge is -1.97. The highest BCUT2D eigenvalue weighted by atomic mass is 16.4. The Morgan fingerprint density at radius 3 is 2.28 bits per heavy atom. The highest BCUT2D eigenvalue weighted by Crippen LogP contribution is 2.20. The number of nitrogens with two attached hydrogens (primary N) is 1. The van der Waals surface area contributed by atoms with Crippen LogP contribution in [0, 0.1) is 0 Å². The summed E-state index contributed by atoms with van der Waals surface area (Å²) in [7, 11) is 0. The fourth-order valence-corrected chi connectivity index (χ4v) is 1.41. The molecule has 1 aromatic carbocycles. The van der Waals surface area contributed by atoms with Gasteiger partial charge in [0.1, 0.15) is 6.04 Å². The van der Waals surface area contributed by atoms with E-state index >= 15 is 0 Å². The van der Waals surface area contributed by atoms with Crippen LogP contribution in [0.15, 0.2) is 30.3 Å². The van der Waals surface area contributed by atoms with Gasteiger partial charge in [0.2, 0.25) is 0 Å². The number of aliphatic carboxylic acids is 1. The van der Waals surface area contributed by atoms with Gasteiger partial charge in [-0.2, -0.15) is 0 Å². The molecule has 0 fully saturated rings. The number of carbonyl (C=O) groups is 1. The molecule has 1 heterocycles. The zero-order chi connectivity index (χ0) is 13.7. The van der Waals surface area contributed by atoms with Crippen LogP contribution in [0.25, 0.3) is 10.9 Å². The fourth-order valence-electron chi connectivity index (χ4n) is 1.41. The summed E-state index contributed by atoms with van der Waals surface area (Å²) in [5, 5.41) is 9.17. The second kappa shape index (κ2) is 6.21. The van der Waals surface area contributed by atoms with Gasteiger partial charge in [0.15, 0.2) is 0 Å². The Balaban J connectivity index is 0.000000232. The maximum Gasteiger partial charge on any atom is 0.320 e. The third kappa shape index (κ3) is 3.89. The first-order valence-corrected chi connectivity index (χ1v) is 5.98. The average Bonchev–Trinajstić information content (AvgIpc) is 2.73. The normalized spacial score (nSPS) is 12.1. The minimum absolute atomic E-state index is 0.581. The number of nitrogens with one attached hydrogen (secondary N) is 1. The van der Waals surface area contributed by atoms with Crippen LogP contribution in [0.4, 0.5) is 0 Å². The maximum atomic E-state index is 9.57. The number of H-pyrrole nitrogens is 1. The number of rotatable bonds is 2. The van der Waals surface area contributed by atoms with Crippen molar-refractivity contribution in [3.8, 4) is 0 Å². The number of hydrogen-bond acceptors (Lipinski definition) is 2. The first kappa shape index (κ1) is 14.3. The number of benzene rings is 1. The number of para-hydroxylation sites is 1. The van der Waals surface area contributed by atoms with E-state index in [1.165, 1.54) is 23.5 Å². The molecule has 4 heteroatoms. The van der Waals surface area contributed by atoms with Gasteiger partial charge in [0.05, 0.1) is 0 Å². The predicted octanol–water partition coefficient (Wildman–Crippen LogP) is 2.71. The van der Waals surface area contributed by atoms with Crippen molar-refractivity contribution in [2.75, 3.05) is 0 Å². The van der Waals surface area contributed by atoms with Crippen LogP contribution in [0.2, 0.25) is 0 Å². The van der Waals surface area contributed by atoms with Gasteiger partial charge in [0.25, 0.3) is 0 Å². The van der Waals surface area contributed by atoms with Crippen LogP contribution < -0.4 is 5.73 Å². The molecule has 1 aromatic heterocycles. The first-order chi connectivity index (χ1) is 8.41. The van der Waals surface area contributed by atoms with Crippen molar-refractivity contribution in [1.29, 1.82) is 0 Å². The molecule has 0 radical (unpaired) electrons. The van der Waals surface area contributed by atoms with E-state index in [-0.39, 0.29) is 0 Å². The second-order valence-electron chi connectivity index (χ2n) is 4.59. The molecule has 0 spiro atoms. The molecule has 4 nitrogen and oxygen atoms in total. The van der Waals surface area contributed by atoms with Gasteiger partial charge in [-0.3, -0.25) is 4.79 Å². The lowest BCUT2D eigenvalue weighted by atomic mass is 10.1. The quantitative estimate of drug-likeness (QED) is 0.764. The zero-order valence-electron chi connectivity index (χ0n) is 11.0. The van der Waals surface area contributed by atoms with Gasteiger partial charge in [-0.1, -0.05) is 32.0 Å². The van der Waals surface area contributed by atoms with Crippen LogP contribution in [-0.2, 0) is 4.79 Å². The van der Waals surface area contributed by atoms with E-state index in [2.05, 4.69) is 49.2 Å². The van der Waals surface area contributed by atoms with E-state index in [4.69, 9.17) is 10.8 Å². The Hall–Kier alpha value is -1.81. The summed E-state index contributed by atoms with van der Waals surface area (Å²) in [6.07, 6.45) is 0. The average molecular weight is 248 g/mol. The smallest absolute Gasteiger partial charge is 0.320 e. The summed E-state index contributed by atoms with van der Waals surface area (Å²) in [4.78, 5) is 13.0. The molecule has 0 saturated carbocycles. The number of fused-ring (bicyclic) bond motifs is 1. The molecule has 0 aliphatic rings. The van der Waals surface area contributed by atoms with E-state index < -0.39 is 12.0 Å². The van der Waals surface area contributed by atoms with Crippen molar-refractivity contribution >= 4 is 16.9 Å². The minimum atomic E-state index is -0.963. The number of carboxylic acid groups (broad SMARTS) is 1. The minimum Gasteiger partial charge on any atom is -0.480 e. The van der Waals surface area contributed by atoms with Crippen LogP contribution in [0.5, 0.6) is 0 Å². The summed E-state index contributed by atoms with van der Waals surface area (Å²) in [5.41, 5.74) is 7.39. The Kier molecular flexibility index (Phi) is 4.92. The van der Waals surface area contributed by atoms with Crippen LogP contribution in [0.3, 0.4) is 0 Å². The molecule has 0 aliphatic heterocycles. The molecule has 4 N–H and O–H groups in total. The van der Waals surface area contributed by atoms with Crippen molar-refractivity contribution in [3.05, 3.63) is 36.0 Å². The summed E-state index contributed by atoms with van der Waals surface area (Å²) in [6.45, 7) is 5.82. The molecule has 2 rings (SSSR count). The van der Waals surface area contributed by atoms with Gasteiger partial charge in [-0.15, -0.1) is 0 Å². The third-order valence-corrected chi connectivity index (χ3v) is 2.56. The zero-order valence-corrected chi connectivity index (χ0v) is 11.0. The van der Waals surface area contributed by atoms with Gasteiger partial charge < -0.3 is 15.8 Å². The summed E-state index contributed by atoms with van der Waals surface area (Å²) < 4.78 is 0. The SMILES string of the molecule is CC(C)c1cc2ccccc2[nH]1.CC(N)C(=O)O. The van der Waals surface area contributed by atoms with Crippen LogP contribution in [-0.4, -0.2) is 22.1 Å². The first-order valence-electron chi connectivity index (χ1n) is 5.98. The van der Waals surface area contributed by atoms with Gasteiger partial charge in [-0.05, 0) is 30.4 Å². The highest BCUT2D eigenvalue weighted by molar-refractivity contribution is 5.80. The number of hydrogen-bond donors (Lipinski definition) is 3. The summed E-state index contributed by atoms with van der Waals surface area (Å²) in [6, 6.07) is 9.87. The van der Waals surface area contributed by atoms with E-state index in [0.29, 0.717) is 5.92 Å². The standard InChI is InChI=1S/C11H13N.C3H7NO2/c1-8(2)11-7-9-5-3-4-6-10(9)12-11;1-2(4)3(5)6/h3-8,12H,1-2H3;2H,4H2,1H3,(H,5,6). The van der Waals surface area contributed by atoms with Gasteiger partial charge >= 0.3 is 5.97 Å². The third-order valence-electron chi connectivity index (χ3n) is 2.56. The molecule has 1 atom stereocenters. The van der Waals surface area contributed by atoms with E-state index in [0.717, 1.165) is 0 Å². The predicted molar refractivity (Wildman–Crippen MR) is 73.7 cm³/mol. The Morgan fingerprint density at radius 2 is 1.83 bits per heavy atom. The number of carboxylic acids is 1. The molecule has 0 aliphatic carbocycles. The topological polar surface area (TPSA) is 79.1 Å². The van der Waals surface area contributed by atoms with E-state index in [9.17, 15) is 4.79 Å². The molecule has 2 aromatic rings. The Bertz CT molecular complexity index is 482. The molecule has 0 amide bonds. The second-order valence-corrected chi connectivity index (χ2v) is 4.59. The van der Waals surface area contributed by atoms with E-state index in [1.807, 2.05) is 0 Å². The summed E-state index contributed by atoms with van der Waals surface area (Å²) in [5.74, 6) is -0.382. The largest absolute Gasteiger partial charge is 0.480 e. The fraction of sp³-hybridized carbons (Fsp3) is 0.357. The maximum absolute atomic E-state index is 9.57. The highest BCUT2D eigenvalue weighted by Gasteiger charge is 2.02. The van der Waals surface area contributed by atoms with Crippen LogP contribution >= 0.6 is 0 Å². The lowest BCUT2D eigenvalue weighted by Crippen LogP contribution is -2.25. The molecule has 0 saturated heterocycles. The molecule has 0 bridgehead atoms. The van der Waals surface area contributed by atoms with Crippen molar-refractivity contribution in [2.45, 2.75) is 32.7 Å². The van der Waals surface area contributed by atoms with Gasteiger partial charge in [-0.25, -0.2) is 0 Å². The van der Waals surface area contributed by atoms with Crippen LogP contribution in [0.1, 0.15) is 32.4 Å². The molecule has 1 unspecified atom stereocenters. The summed E-state index contributed by atoms with van der Waals surface area (Å²) >= 11 is 0. The number of aromatic nitrogens is 1. The molecule has 18 heavy (non-hydrogen) atoms. The van der Waals surface area contributed by atoms with Crippen molar-refractivity contribution in [1.82, 2.24) is 4.98 Å². The Morgan fingerprint density at radius 1 is 1.28 bits per heavy atom. The van der Waals surface area contributed by atoms with Crippen molar-refractivity contribution in [2.24, 2.45) is 5.73 Å². The Labute approximate surface area is 107 Å².